The Labute approximate surface area is 119 Å². The average Bonchev–Trinajstić information content (AvgIpc) is 2.97. The van der Waals surface area contributed by atoms with Gasteiger partial charge in [-0.3, -0.25) is 4.79 Å². The fraction of sp³-hybridized carbons (Fsp3) is 0.438. The summed E-state index contributed by atoms with van der Waals surface area (Å²) in [5.74, 6) is 5.73. The zero-order valence-electron chi connectivity index (χ0n) is 11.8. The third-order valence-electron chi connectivity index (χ3n) is 3.29. The van der Waals surface area contributed by atoms with E-state index in [0.717, 1.165) is 25.0 Å². The Bertz CT molecular complexity index is 525. The van der Waals surface area contributed by atoms with Crippen LogP contribution in [0.25, 0.3) is 0 Å². The van der Waals surface area contributed by atoms with Gasteiger partial charge in [-0.2, -0.15) is 0 Å². The molecule has 0 aliphatic carbocycles. The van der Waals surface area contributed by atoms with Crippen molar-refractivity contribution in [1.82, 2.24) is 4.90 Å². The molecular formula is C16H20N2O2. The van der Waals surface area contributed by atoms with Crippen LogP contribution in [0.3, 0.4) is 0 Å². The van der Waals surface area contributed by atoms with E-state index in [-0.39, 0.29) is 12.0 Å². The van der Waals surface area contributed by atoms with Crippen molar-refractivity contribution in [2.45, 2.75) is 18.9 Å². The zero-order chi connectivity index (χ0) is 14.4. The highest BCUT2D eigenvalue weighted by Gasteiger charge is 2.20. The lowest BCUT2D eigenvalue weighted by Crippen LogP contribution is -2.34. The number of likely N-dealkylation sites (N-methyl/N-ethyl adjacent to an activating group) is 1. The van der Waals surface area contributed by atoms with Gasteiger partial charge in [0, 0.05) is 31.3 Å². The van der Waals surface area contributed by atoms with Crippen LogP contribution in [0, 0.1) is 11.8 Å². The van der Waals surface area contributed by atoms with Gasteiger partial charge in [0.2, 0.25) is 0 Å². The molecule has 1 aromatic carbocycles. The van der Waals surface area contributed by atoms with Crippen molar-refractivity contribution in [2.75, 3.05) is 26.7 Å². The molecule has 2 N–H and O–H groups in total. The van der Waals surface area contributed by atoms with Crippen LogP contribution >= 0.6 is 0 Å². The number of benzene rings is 1. The molecule has 1 aliphatic heterocycles. The molecule has 1 heterocycles. The number of hydrogen-bond donors (Lipinski definition) is 1. The molecule has 4 nitrogen and oxygen atoms in total. The molecule has 4 heteroatoms. The number of hydrogen-bond acceptors (Lipinski definition) is 3. The van der Waals surface area contributed by atoms with Gasteiger partial charge in [0.25, 0.3) is 5.91 Å². The largest absolute Gasteiger partial charge is 0.376 e. The predicted molar refractivity (Wildman–Crippen MR) is 78.3 cm³/mol. The van der Waals surface area contributed by atoms with Crippen LogP contribution in [-0.2, 0) is 4.74 Å². The first-order valence-corrected chi connectivity index (χ1v) is 6.87. The van der Waals surface area contributed by atoms with Crippen LogP contribution in [0.5, 0.6) is 0 Å². The minimum atomic E-state index is -0.00287. The number of carbonyl (C=O) groups excluding carboxylic acids is 1. The highest BCUT2D eigenvalue weighted by atomic mass is 16.5. The number of nitrogens with zero attached hydrogens (tertiary/aromatic N) is 1. The Hall–Kier alpha value is -1.83. The Morgan fingerprint density at radius 2 is 2.40 bits per heavy atom. The van der Waals surface area contributed by atoms with E-state index in [0.29, 0.717) is 18.7 Å². The summed E-state index contributed by atoms with van der Waals surface area (Å²) in [6, 6.07) is 7.33. The fourth-order valence-corrected chi connectivity index (χ4v) is 2.28. The van der Waals surface area contributed by atoms with Crippen LogP contribution in [0.2, 0.25) is 0 Å². The molecule has 0 spiro atoms. The molecule has 1 unspecified atom stereocenters. The fourth-order valence-electron chi connectivity index (χ4n) is 2.28. The van der Waals surface area contributed by atoms with Crippen molar-refractivity contribution in [3.05, 3.63) is 35.4 Å². The van der Waals surface area contributed by atoms with Gasteiger partial charge < -0.3 is 15.4 Å². The van der Waals surface area contributed by atoms with E-state index in [1.165, 1.54) is 0 Å². The monoisotopic (exact) mass is 272 g/mol. The summed E-state index contributed by atoms with van der Waals surface area (Å²) in [4.78, 5) is 14.1. The van der Waals surface area contributed by atoms with Gasteiger partial charge in [-0.05, 0) is 31.0 Å². The van der Waals surface area contributed by atoms with E-state index < -0.39 is 0 Å². The standard InChI is InChI=1S/C16H20N2O2/c1-18(12-15-8-4-10-20-15)16(19)14-7-2-5-13(11-14)6-3-9-17/h2,5,7,11,15H,4,8-10,12,17H2,1H3. The van der Waals surface area contributed by atoms with Gasteiger partial charge >= 0.3 is 0 Å². The van der Waals surface area contributed by atoms with Crippen LogP contribution in [0.4, 0.5) is 0 Å². The molecule has 0 saturated carbocycles. The lowest BCUT2D eigenvalue weighted by Gasteiger charge is -2.20. The van der Waals surface area contributed by atoms with Crippen LogP contribution in [0.1, 0.15) is 28.8 Å². The number of ether oxygens (including phenoxy) is 1. The first kappa shape index (κ1) is 14.6. The normalized spacial score (nSPS) is 17.4. The maximum atomic E-state index is 12.4. The molecule has 20 heavy (non-hydrogen) atoms. The maximum Gasteiger partial charge on any atom is 0.253 e. The molecule has 0 radical (unpaired) electrons. The maximum absolute atomic E-state index is 12.4. The predicted octanol–water partition coefficient (Wildman–Crippen LogP) is 1.25. The Kier molecular flexibility index (Phi) is 5.16. The lowest BCUT2D eigenvalue weighted by atomic mass is 10.1. The zero-order valence-corrected chi connectivity index (χ0v) is 11.8. The molecule has 0 aromatic heterocycles. The number of amides is 1. The minimum absolute atomic E-state index is 0.00287. The smallest absolute Gasteiger partial charge is 0.253 e. The van der Waals surface area contributed by atoms with Crippen molar-refractivity contribution >= 4 is 5.91 Å². The molecular weight excluding hydrogens is 252 g/mol. The summed E-state index contributed by atoms with van der Waals surface area (Å²) < 4.78 is 5.56. The summed E-state index contributed by atoms with van der Waals surface area (Å²) in [5.41, 5.74) is 6.81. The second-order valence-electron chi connectivity index (χ2n) is 4.91. The second kappa shape index (κ2) is 7.09. The van der Waals surface area contributed by atoms with E-state index in [4.69, 9.17) is 10.5 Å². The third-order valence-corrected chi connectivity index (χ3v) is 3.29. The van der Waals surface area contributed by atoms with Crippen molar-refractivity contribution in [1.29, 1.82) is 0 Å². The molecule has 1 aliphatic rings. The topological polar surface area (TPSA) is 55.6 Å². The molecule has 1 aromatic rings. The van der Waals surface area contributed by atoms with E-state index in [1.807, 2.05) is 25.2 Å². The van der Waals surface area contributed by atoms with Crippen LogP contribution < -0.4 is 5.73 Å². The van der Waals surface area contributed by atoms with Crippen LogP contribution in [0.15, 0.2) is 24.3 Å². The molecule has 1 amide bonds. The summed E-state index contributed by atoms with van der Waals surface area (Å²) in [5, 5.41) is 0. The Morgan fingerprint density at radius 3 is 3.10 bits per heavy atom. The van der Waals surface area contributed by atoms with Gasteiger partial charge in [0.15, 0.2) is 0 Å². The molecule has 2 rings (SSSR count). The van der Waals surface area contributed by atoms with E-state index >= 15 is 0 Å². The van der Waals surface area contributed by atoms with Crippen molar-refractivity contribution in [3.63, 3.8) is 0 Å². The summed E-state index contributed by atoms with van der Waals surface area (Å²) in [7, 11) is 1.81. The first-order chi connectivity index (χ1) is 9.70. The molecule has 1 atom stereocenters. The van der Waals surface area contributed by atoms with E-state index in [9.17, 15) is 4.79 Å². The summed E-state index contributed by atoms with van der Waals surface area (Å²) in [6.07, 6.45) is 2.28. The van der Waals surface area contributed by atoms with Gasteiger partial charge in [-0.15, -0.1) is 0 Å². The molecule has 1 saturated heterocycles. The molecule has 0 bridgehead atoms. The van der Waals surface area contributed by atoms with Crippen molar-refractivity contribution in [3.8, 4) is 11.8 Å². The highest BCUT2D eigenvalue weighted by Crippen LogP contribution is 2.14. The first-order valence-electron chi connectivity index (χ1n) is 6.87. The van der Waals surface area contributed by atoms with Gasteiger partial charge in [-0.25, -0.2) is 0 Å². The van der Waals surface area contributed by atoms with Crippen molar-refractivity contribution in [2.24, 2.45) is 5.73 Å². The molecule has 106 valence electrons. The number of nitrogens with two attached hydrogens (primary N) is 1. The van der Waals surface area contributed by atoms with Gasteiger partial charge in [-0.1, -0.05) is 17.9 Å². The van der Waals surface area contributed by atoms with Crippen LogP contribution in [-0.4, -0.2) is 43.7 Å². The lowest BCUT2D eigenvalue weighted by molar-refractivity contribution is 0.0587. The highest BCUT2D eigenvalue weighted by molar-refractivity contribution is 5.94. The summed E-state index contributed by atoms with van der Waals surface area (Å²) in [6.45, 7) is 1.76. The average molecular weight is 272 g/mol. The Balaban J connectivity index is 2.03. The quantitative estimate of drug-likeness (QED) is 0.843. The van der Waals surface area contributed by atoms with E-state index in [1.54, 1.807) is 11.0 Å². The van der Waals surface area contributed by atoms with Gasteiger partial charge in [0.05, 0.1) is 12.6 Å². The second-order valence-corrected chi connectivity index (χ2v) is 4.91. The number of rotatable bonds is 3. The van der Waals surface area contributed by atoms with Crippen molar-refractivity contribution < 1.29 is 9.53 Å². The third kappa shape index (κ3) is 3.83. The SMILES string of the molecule is CN(CC1CCCO1)C(=O)c1cccc(C#CCN)c1. The molecule has 1 fully saturated rings. The van der Waals surface area contributed by atoms with Gasteiger partial charge in [0.1, 0.15) is 0 Å². The minimum Gasteiger partial charge on any atom is -0.376 e. The van der Waals surface area contributed by atoms with E-state index in [2.05, 4.69) is 11.8 Å². The summed E-state index contributed by atoms with van der Waals surface area (Å²) >= 11 is 0. The number of carbonyl (C=O) groups is 1. The Morgan fingerprint density at radius 1 is 1.55 bits per heavy atom.